The van der Waals surface area contributed by atoms with E-state index in [0.717, 1.165) is 10.9 Å². The number of hydrogen-bond donors (Lipinski definition) is 2. The number of aliphatic hydroxyl groups is 1. The van der Waals surface area contributed by atoms with Gasteiger partial charge in [-0.1, -0.05) is 11.8 Å². The molecule has 5 nitrogen and oxygen atoms in total. The lowest BCUT2D eigenvalue weighted by atomic mass is 10.3. The molecule has 6 heteroatoms. The van der Waals surface area contributed by atoms with Crippen molar-refractivity contribution in [2.24, 2.45) is 12.8 Å². The van der Waals surface area contributed by atoms with Crippen molar-refractivity contribution in [1.29, 1.82) is 0 Å². The van der Waals surface area contributed by atoms with Crippen molar-refractivity contribution in [2.45, 2.75) is 17.7 Å². The third-order valence-corrected chi connectivity index (χ3v) is 2.69. The Hall–Kier alpha value is -0.590. The second-order valence-electron chi connectivity index (χ2n) is 2.75. The number of aromatic nitrogens is 3. The summed E-state index contributed by atoms with van der Waals surface area (Å²) in [7, 11) is 1.89. The zero-order chi connectivity index (χ0) is 9.68. The fourth-order valence-electron chi connectivity index (χ4n) is 0.807. The maximum atomic E-state index is 9.17. The topological polar surface area (TPSA) is 77.0 Å². The smallest absolute Gasteiger partial charge is 0.190 e. The van der Waals surface area contributed by atoms with Gasteiger partial charge in [0.15, 0.2) is 5.16 Å². The fourth-order valence-corrected chi connectivity index (χ4v) is 1.74. The predicted molar refractivity (Wildman–Crippen MR) is 51.4 cm³/mol. The summed E-state index contributed by atoms with van der Waals surface area (Å²) in [4.78, 5) is 0. The van der Waals surface area contributed by atoms with E-state index in [9.17, 15) is 5.11 Å². The fraction of sp³-hybridized carbons (Fsp3) is 0.714. The van der Waals surface area contributed by atoms with Gasteiger partial charge < -0.3 is 15.4 Å². The predicted octanol–water partition coefficient (Wildman–Crippen LogP) is -0.383. The van der Waals surface area contributed by atoms with Crippen molar-refractivity contribution in [3.05, 3.63) is 6.33 Å². The third kappa shape index (κ3) is 3.33. The Morgan fingerprint density at radius 2 is 2.54 bits per heavy atom. The van der Waals surface area contributed by atoms with Gasteiger partial charge in [-0.3, -0.25) is 0 Å². The molecule has 0 spiro atoms. The van der Waals surface area contributed by atoms with E-state index in [1.165, 1.54) is 0 Å². The lowest BCUT2D eigenvalue weighted by Crippen LogP contribution is -2.20. The molecular weight excluding hydrogens is 188 g/mol. The van der Waals surface area contributed by atoms with E-state index in [4.69, 9.17) is 5.73 Å². The Labute approximate surface area is 81.3 Å². The van der Waals surface area contributed by atoms with Crippen LogP contribution in [0.3, 0.4) is 0 Å². The van der Waals surface area contributed by atoms with Crippen LogP contribution in [0.15, 0.2) is 11.5 Å². The molecule has 1 unspecified atom stereocenters. The molecule has 0 amide bonds. The van der Waals surface area contributed by atoms with Gasteiger partial charge in [0.2, 0.25) is 0 Å². The Balaban J connectivity index is 2.24. The van der Waals surface area contributed by atoms with E-state index in [1.807, 2.05) is 11.6 Å². The number of aliphatic hydroxyl groups excluding tert-OH is 1. The molecule has 0 aliphatic heterocycles. The average Bonchev–Trinajstić information content (AvgIpc) is 2.52. The summed E-state index contributed by atoms with van der Waals surface area (Å²) in [6.45, 7) is 0.319. The first-order valence-corrected chi connectivity index (χ1v) is 5.07. The first kappa shape index (κ1) is 10.5. The molecule has 1 heterocycles. The minimum Gasteiger partial charge on any atom is -0.392 e. The highest BCUT2D eigenvalue weighted by atomic mass is 32.2. The summed E-state index contributed by atoms with van der Waals surface area (Å²) < 4.78 is 1.85. The lowest BCUT2D eigenvalue weighted by Gasteiger charge is -2.05. The number of aryl methyl sites for hydroxylation is 1. The molecule has 0 radical (unpaired) electrons. The van der Waals surface area contributed by atoms with Crippen LogP contribution in [-0.2, 0) is 7.05 Å². The van der Waals surface area contributed by atoms with Crippen LogP contribution in [0.4, 0.5) is 0 Å². The summed E-state index contributed by atoms with van der Waals surface area (Å²) in [6, 6.07) is 0. The zero-order valence-corrected chi connectivity index (χ0v) is 8.37. The van der Waals surface area contributed by atoms with E-state index < -0.39 is 6.10 Å². The largest absolute Gasteiger partial charge is 0.392 e. The van der Waals surface area contributed by atoms with Gasteiger partial charge in [-0.15, -0.1) is 10.2 Å². The van der Waals surface area contributed by atoms with Gasteiger partial charge in [-0.05, 0) is 6.42 Å². The van der Waals surface area contributed by atoms with Gasteiger partial charge in [-0.25, -0.2) is 0 Å². The molecule has 0 aliphatic carbocycles. The first-order valence-electron chi connectivity index (χ1n) is 4.09. The summed E-state index contributed by atoms with van der Waals surface area (Å²) in [5.74, 6) is 0.810. The Bertz CT molecular complexity index is 252. The van der Waals surface area contributed by atoms with Crippen LogP contribution in [0.1, 0.15) is 6.42 Å². The molecule has 1 atom stereocenters. The summed E-state index contributed by atoms with van der Waals surface area (Å²) >= 11 is 1.57. The number of rotatable bonds is 5. The zero-order valence-electron chi connectivity index (χ0n) is 7.55. The Kier molecular flexibility index (Phi) is 4.20. The van der Waals surface area contributed by atoms with Crippen molar-refractivity contribution in [3.63, 3.8) is 0 Å². The summed E-state index contributed by atoms with van der Waals surface area (Å²) in [5, 5.41) is 17.7. The first-order chi connectivity index (χ1) is 6.24. The molecule has 74 valence electrons. The monoisotopic (exact) mass is 202 g/mol. The van der Waals surface area contributed by atoms with E-state index in [-0.39, 0.29) is 0 Å². The molecule has 3 N–H and O–H groups in total. The van der Waals surface area contributed by atoms with Crippen LogP contribution >= 0.6 is 11.8 Å². The Morgan fingerprint density at radius 3 is 3.08 bits per heavy atom. The second-order valence-corrected chi connectivity index (χ2v) is 3.81. The van der Waals surface area contributed by atoms with Gasteiger partial charge >= 0.3 is 0 Å². The molecule has 13 heavy (non-hydrogen) atoms. The van der Waals surface area contributed by atoms with Gasteiger partial charge in [0, 0.05) is 19.3 Å². The van der Waals surface area contributed by atoms with Crippen molar-refractivity contribution in [1.82, 2.24) is 14.8 Å². The quantitative estimate of drug-likeness (QED) is 0.636. The van der Waals surface area contributed by atoms with Crippen molar-refractivity contribution in [3.8, 4) is 0 Å². The van der Waals surface area contributed by atoms with Crippen LogP contribution in [-0.4, -0.2) is 38.3 Å². The van der Waals surface area contributed by atoms with Gasteiger partial charge in [-0.2, -0.15) is 0 Å². The maximum absolute atomic E-state index is 9.17. The standard InChI is InChI=1S/C7H14N4OS/c1-11-5-9-10-7(11)13-3-2-6(12)4-8/h5-6,12H,2-4,8H2,1H3. The molecule has 0 fully saturated rings. The van der Waals surface area contributed by atoms with Gasteiger partial charge in [0.25, 0.3) is 0 Å². The van der Waals surface area contributed by atoms with Crippen LogP contribution in [0.5, 0.6) is 0 Å². The molecule has 0 aliphatic rings. The van der Waals surface area contributed by atoms with Gasteiger partial charge in [0.05, 0.1) is 6.10 Å². The minimum absolute atomic E-state index is 0.319. The van der Waals surface area contributed by atoms with Crippen LogP contribution < -0.4 is 5.73 Å². The van der Waals surface area contributed by atoms with E-state index >= 15 is 0 Å². The molecule has 0 bridgehead atoms. The number of hydrogen-bond acceptors (Lipinski definition) is 5. The normalized spacial score (nSPS) is 13.2. The minimum atomic E-state index is -0.402. The number of nitrogens with zero attached hydrogens (tertiary/aromatic N) is 3. The molecule has 0 saturated carbocycles. The highest BCUT2D eigenvalue weighted by Gasteiger charge is 2.04. The van der Waals surface area contributed by atoms with Crippen LogP contribution in [0, 0.1) is 0 Å². The highest BCUT2D eigenvalue weighted by molar-refractivity contribution is 7.99. The average molecular weight is 202 g/mol. The van der Waals surface area contributed by atoms with Crippen LogP contribution in [0.2, 0.25) is 0 Å². The lowest BCUT2D eigenvalue weighted by molar-refractivity contribution is 0.180. The summed E-state index contributed by atoms with van der Waals surface area (Å²) in [5.41, 5.74) is 5.27. The third-order valence-electron chi connectivity index (χ3n) is 1.62. The van der Waals surface area contributed by atoms with Crippen molar-refractivity contribution < 1.29 is 5.11 Å². The van der Waals surface area contributed by atoms with Gasteiger partial charge in [0.1, 0.15) is 6.33 Å². The number of nitrogens with two attached hydrogens (primary N) is 1. The summed E-state index contributed by atoms with van der Waals surface area (Å²) in [6.07, 6.45) is 1.94. The molecule has 1 rings (SSSR count). The molecule has 1 aromatic heterocycles. The van der Waals surface area contributed by atoms with Crippen molar-refractivity contribution in [2.75, 3.05) is 12.3 Å². The Morgan fingerprint density at radius 1 is 1.77 bits per heavy atom. The number of thioether (sulfide) groups is 1. The molecular formula is C7H14N4OS. The SMILES string of the molecule is Cn1cnnc1SCCC(O)CN. The van der Waals surface area contributed by atoms with Crippen molar-refractivity contribution >= 4 is 11.8 Å². The highest BCUT2D eigenvalue weighted by Crippen LogP contribution is 2.14. The molecule has 1 aromatic rings. The van der Waals surface area contributed by atoms with E-state index in [1.54, 1.807) is 18.1 Å². The van der Waals surface area contributed by atoms with Crippen LogP contribution in [0.25, 0.3) is 0 Å². The molecule has 0 saturated heterocycles. The second kappa shape index (κ2) is 5.21. The maximum Gasteiger partial charge on any atom is 0.190 e. The molecule has 0 aromatic carbocycles. The van der Waals surface area contributed by atoms with E-state index in [2.05, 4.69) is 10.2 Å². The van der Waals surface area contributed by atoms with E-state index in [0.29, 0.717) is 13.0 Å².